The molecule has 0 N–H and O–H groups in total. The monoisotopic (exact) mass is 918 g/mol. The highest BCUT2D eigenvalue weighted by molar-refractivity contribution is 6.45. The molecule has 0 aliphatic rings. The van der Waals surface area contributed by atoms with E-state index in [-0.39, 0.29) is 16.2 Å². The summed E-state index contributed by atoms with van der Waals surface area (Å²) in [6, 6.07) is 65.9. The molecule has 0 aliphatic carbocycles. The van der Waals surface area contributed by atoms with Crippen LogP contribution in [0.1, 0.15) is 104 Å². The van der Waals surface area contributed by atoms with Crippen LogP contribution in [-0.4, -0.2) is 8.80 Å². The zero-order valence-electron chi connectivity index (χ0n) is 43.1. The standard InChI is InChI=1S/C69H62N2/c1-40(2)41-12-14-42(15-13-41)46-22-32-57-53(36-46)61-62-54-37-47(43-16-26-50(27-17-43)67(3,4)5)24-34-59(54)71-60-35-25-49(45-20-30-52(31-21-45)69(9,10)11)39-56(60)64(66(62)71)63-55-38-48(23-33-58(55)70(57)65(61)63)44-18-28-51(29-19-44)68(6,7)8/h12-40H,1-11H3. The smallest absolute Gasteiger partial charge is 0.0634 e. The van der Waals surface area contributed by atoms with E-state index in [0.717, 1.165) is 0 Å². The third-order valence-electron chi connectivity index (χ3n) is 16.1. The van der Waals surface area contributed by atoms with Gasteiger partial charge in [0.1, 0.15) is 0 Å². The first-order valence-corrected chi connectivity index (χ1v) is 25.8. The normalized spacial score (nSPS) is 13.1. The summed E-state index contributed by atoms with van der Waals surface area (Å²) in [5, 5.41) is 10.5. The van der Waals surface area contributed by atoms with Gasteiger partial charge in [-0.15, -0.1) is 0 Å². The zero-order chi connectivity index (χ0) is 49.0. The number of hydrogen-bond donors (Lipinski definition) is 0. The van der Waals surface area contributed by atoms with Crippen LogP contribution in [0, 0.1) is 0 Å². The fraction of sp³-hybridized carbons (Fsp3) is 0.217. The Morgan fingerprint density at radius 1 is 0.282 bits per heavy atom. The van der Waals surface area contributed by atoms with Gasteiger partial charge in [0.2, 0.25) is 0 Å². The van der Waals surface area contributed by atoms with Crippen LogP contribution in [0.4, 0.5) is 0 Å². The predicted octanol–water partition coefficient (Wildman–Crippen LogP) is 19.7. The molecule has 0 unspecified atom stereocenters. The van der Waals surface area contributed by atoms with E-state index in [2.05, 4.69) is 255 Å². The van der Waals surface area contributed by atoms with Crippen LogP contribution in [0.2, 0.25) is 0 Å². The van der Waals surface area contributed by atoms with E-state index in [4.69, 9.17) is 0 Å². The Hall–Kier alpha value is -7.42. The second-order valence-electron chi connectivity index (χ2n) is 24.1. The molecule has 9 aromatic carbocycles. The van der Waals surface area contributed by atoms with Gasteiger partial charge in [-0.1, -0.05) is 197 Å². The second-order valence-corrected chi connectivity index (χ2v) is 24.1. The first-order chi connectivity index (χ1) is 33.9. The molecule has 0 atom stereocenters. The zero-order valence-corrected chi connectivity index (χ0v) is 43.1. The Labute approximate surface area is 417 Å². The summed E-state index contributed by atoms with van der Waals surface area (Å²) in [5.74, 6) is 0.481. The summed E-state index contributed by atoms with van der Waals surface area (Å²) in [5.41, 5.74) is 23.1. The molecule has 4 aromatic heterocycles. The van der Waals surface area contributed by atoms with Crippen molar-refractivity contribution in [1.82, 2.24) is 8.80 Å². The van der Waals surface area contributed by atoms with Crippen molar-refractivity contribution in [3.05, 3.63) is 192 Å². The molecule has 13 rings (SSSR count). The van der Waals surface area contributed by atoms with Crippen LogP contribution in [0.3, 0.4) is 0 Å². The number of fused-ring (bicyclic) bond motifs is 14. The van der Waals surface area contributed by atoms with E-state index in [1.807, 2.05) is 0 Å². The van der Waals surface area contributed by atoms with Gasteiger partial charge in [0.25, 0.3) is 0 Å². The molecule has 0 fully saturated rings. The average molecular weight is 919 g/mol. The number of nitrogens with zero attached hydrogens (tertiary/aromatic N) is 2. The lowest BCUT2D eigenvalue weighted by molar-refractivity contribution is 0.590. The van der Waals surface area contributed by atoms with Crippen molar-refractivity contribution in [3.8, 4) is 44.5 Å². The third-order valence-corrected chi connectivity index (χ3v) is 16.1. The lowest BCUT2D eigenvalue weighted by atomic mass is 9.86. The first kappa shape index (κ1) is 43.6. The topological polar surface area (TPSA) is 8.82 Å². The average Bonchev–Trinajstić information content (AvgIpc) is 4.08. The quantitative estimate of drug-likeness (QED) is 0.163. The first-order valence-electron chi connectivity index (χ1n) is 25.8. The minimum Gasteiger partial charge on any atom is -0.308 e. The summed E-state index contributed by atoms with van der Waals surface area (Å²) < 4.78 is 5.21. The molecule has 0 aliphatic heterocycles. The van der Waals surface area contributed by atoms with Crippen LogP contribution in [0.5, 0.6) is 0 Å². The van der Waals surface area contributed by atoms with E-state index in [1.165, 1.54) is 143 Å². The lowest BCUT2D eigenvalue weighted by Crippen LogP contribution is -2.10. The number of aromatic nitrogens is 2. The number of rotatable bonds is 5. The van der Waals surface area contributed by atoms with E-state index < -0.39 is 0 Å². The highest BCUT2D eigenvalue weighted by atomic mass is 14.9. The highest BCUT2D eigenvalue weighted by Crippen LogP contribution is 2.53. The molecule has 4 heterocycles. The van der Waals surface area contributed by atoms with Crippen LogP contribution in [0.25, 0.3) is 121 Å². The highest BCUT2D eigenvalue weighted by Gasteiger charge is 2.30. The minimum absolute atomic E-state index is 0.0838. The van der Waals surface area contributed by atoms with Gasteiger partial charge in [-0.25, -0.2) is 0 Å². The Balaban J connectivity index is 1.18. The van der Waals surface area contributed by atoms with Crippen molar-refractivity contribution >= 4 is 76.2 Å². The van der Waals surface area contributed by atoms with Gasteiger partial charge in [-0.3, -0.25) is 0 Å². The maximum Gasteiger partial charge on any atom is 0.0634 e. The molecule has 348 valence electrons. The van der Waals surface area contributed by atoms with Crippen LogP contribution in [0.15, 0.2) is 170 Å². The maximum absolute atomic E-state index is 2.61. The molecule has 13 aromatic rings. The van der Waals surface area contributed by atoms with Gasteiger partial charge in [0, 0.05) is 43.1 Å². The van der Waals surface area contributed by atoms with Gasteiger partial charge >= 0.3 is 0 Å². The summed E-state index contributed by atoms with van der Waals surface area (Å²) in [4.78, 5) is 0. The lowest BCUT2D eigenvalue weighted by Gasteiger charge is -2.19. The molecule has 2 nitrogen and oxygen atoms in total. The van der Waals surface area contributed by atoms with Crippen LogP contribution >= 0.6 is 0 Å². The Morgan fingerprint density at radius 2 is 0.507 bits per heavy atom. The summed E-state index contributed by atoms with van der Waals surface area (Å²) in [6.07, 6.45) is 0. The summed E-state index contributed by atoms with van der Waals surface area (Å²) in [7, 11) is 0. The molecular weight excluding hydrogens is 857 g/mol. The third kappa shape index (κ3) is 6.60. The number of benzene rings is 9. The van der Waals surface area contributed by atoms with Gasteiger partial charge in [-0.05, 0) is 137 Å². The Bertz CT molecular complexity index is 4230. The molecule has 71 heavy (non-hydrogen) atoms. The van der Waals surface area contributed by atoms with E-state index in [9.17, 15) is 0 Å². The van der Waals surface area contributed by atoms with Crippen molar-refractivity contribution in [1.29, 1.82) is 0 Å². The fourth-order valence-electron chi connectivity index (χ4n) is 12.0. The van der Waals surface area contributed by atoms with Crippen molar-refractivity contribution in [2.75, 3.05) is 0 Å². The van der Waals surface area contributed by atoms with Gasteiger partial charge in [0.05, 0.1) is 33.1 Å². The van der Waals surface area contributed by atoms with Crippen LogP contribution < -0.4 is 0 Å². The fourth-order valence-corrected chi connectivity index (χ4v) is 12.0. The van der Waals surface area contributed by atoms with E-state index in [1.54, 1.807) is 0 Å². The van der Waals surface area contributed by atoms with Gasteiger partial charge in [-0.2, -0.15) is 0 Å². The molecule has 0 radical (unpaired) electrons. The van der Waals surface area contributed by atoms with Crippen molar-refractivity contribution in [2.45, 2.75) is 98.3 Å². The van der Waals surface area contributed by atoms with E-state index >= 15 is 0 Å². The number of hydrogen-bond acceptors (Lipinski definition) is 0. The van der Waals surface area contributed by atoms with Gasteiger partial charge in [0.15, 0.2) is 0 Å². The van der Waals surface area contributed by atoms with Crippen molar-refractivity contribution in [3.63, 3.8) is 0 Å². The minimum atomic E-state index is 0.0838. The SMILES string of the molecule is CC(C)c1ccc(-c2ccc3c(c2)c2c4c5cc(-c6ccc(C(C)(C)C)cc6)ccc5n5c6ccc(-c7ccc(C(C)(C)C)cc7)cc6c(c6c7cc(-c8ccc(C(C)(C)C)cc8)ccc7n3c26)c45)cc1. The van der Waals surface area contributed by atoms with Crippen molar-refractivity contribution in [2.24, 2.45) is 0 Å². The van der Waals surface area contributed by atoms with Gasteiger partial charge < -0.3 is 8.80 Å². The Morgan fingerprint density at radius 3 is 0.732 bits per heavy atom. The Kier molecular flexibility index (Phi) is 9.24. The molecule has 0 spiro atoms. The summed E-state index contributed by atoms with van der Waals surface area (Å²) in [6.45, 7) is 25.2. The predicted molar refractivity (Wildman–Crippen MR) is 308 cm³/mol. The van der Waals surface area contributed by atoms with Crippen LogP contribution in [-0.2, 0) is 16.2 Å². The molecular formula is C69H62N2. The second kappa shape index (κ2) is 15.0. The largest absolute Gasteiger partial charge is 0.308 e. The molecule has 2 heteroatoms. The molecule has 0 saturated heterocycles. The summed E-state index contributed by atoms with van der Waals surface area (Å²) >= 11 is 0. The molecule has 0 amide bonds. The maximum atomic E-state index is 2.61. The van der Waals surface area contributed by atoms with E-state index in [0.29, 0.717) is 5.92 Å². The van der Waals surface area contributed by atoms with Crippen molar-refractivity contribution < 1.29 is 0 Å². The molecule has 0 saturated carbocycles. The molecule has 0 bridgehead atoms.